The largest absolute Gasteiger partial charge is 0.297 e. The zero-order valence-electron chi connectivity index (χ0n) is 8.39. The second-order valence-corrected chi connectivity index (χ2v) is 4.75. The fourth-order valence-electron chi connectivity index (χ4n) is 1.05. The highest BCUT2D eigenvalue weighted by Crippen LogP contribution is 2.23. The minimum absolute atomic E-state index is 0.145. The lowest BCUT2D eigenvalue weighted by atomic mass is 10.4. The Bertz CT molecular complexity index is 467. The molecule has 0 aliphatic heterocycles. The van der Waals surface area contributed by atoms with Crippen LogP contribution in [0.1, 0.15) is 9.67 Å². The molecule has 0 radical (unpaired) electrons. The average molecular weight is 255 g/mol. The van der Waals surface area contributed by atoms with Crippen LogP contribution in [0.15, 0.2) is 23.7 Å². The molecule has 0 bridgehead atoms. The Morgan fingerprint density at radius 1 is 1.56 bits per heavy atom. The van der Waals surface area contributed by atoms with Crippen molar-refractivity contribution >= 4 is 38.7 Å². The summed E-state index contributed by atoms with van der Waals surface area (Å²) in [7, 11) is 1.52. The van der Waals surface area contributed by atoms with Crippen LogP contribution in [0.5, 0.6) is 0 Å². The smallest absolute Gasteiger partial charge is 0.267 e. The summed E-state index contributed by atoms with van der Waals surface area (Å²) in [5, 5.41) is 5.84. The van der Waals surface area contributed by atoms with Crippen LogP contribution in [0, 0.1) is 0 Å². The second-order valence-electron chi connectivity index (χ2n) is 2.77. The lowest BCUT2D eigenvalue weighted by Gasteiger charge is -1.97. The summed E-state index contributed by atoms with van der Waals surface area (Å²) in [5.74, 6) is -0.145. The van der Waals surface area contributed by atoms with Gasteiger partial charge in [0, 0.05) is 0 Å². The number of carbonyl (C=O) groups excluding carboxylic acids is 1. The number of hydrogen-bond acceptors (Lipinski definition) is 6. The predicted molar refractivity (Wildman–Crippen MR) is 65.0 cm³/mol. The van der Waals surface area contributed by atoms with E-state index >= 15 is 0 Å². The minimum Gasteiger partial charge on any atom is -0.297 e. The van der Waals surface area contributed by atoms with Crippen LogP contribution in [0.3, 0.4) is 0 Å². The van der Waals surface area contributed by atoms with Gasteiger partial charge in [-0.15, -0.1) is 11.3 Å². The van der Waals surface area contributed by atoms with Gasteiger partial charge in [-0.25, -0.2) is 4.98 Å². The highest BCUT2D eigenvalue weighted by Gasteiger charge is 2.09. The van der Waals surface area contributed by atoms with E-state index in [1.54, 1.807) is 12.3 Å². The molecule has 0 atom stereocenters. The van der Waals surface area contributed by atoms with E-state index in [2.05, 4.69) is 15.8 Å². The first kappa shape index (κ1) is 11.1. The van der Waals surface area contributed by atoms with Crippen molar-refractivity contribution < 1.29 is 9.63 Å². The molecule has 2 rings (SSSR count). The van der Waals surface area contributed by atoms with Crippen molar-refractivity contribution in [1.82, 2.24) is 4.98 Å². The Hall–Kier alpha value is -1.44. The first-order valence-electron chi connectivity index (χ1n) is 4.39. The third-order valence-corrected chi connectivity index (χ3v) is 3.35. The lowest BCUT2D eigenvalue weighted by molar-refractivity contribution is 0.103. The summed E-state index contributed by atoms with van der Waals surface area (Å²) in [4.78, 5) is 21.1. The maximum Gasteiger partial charge on any atom is 0.267 e. The van der Waals surface area contributed by atoms with Crippen molar-refractivity contribution in [3.8, 4) is 0 Å². The number of carbonyl (C=O) groups is 1. The molecule has 0 saturated carbocycles. The van der Waals surface area contributed by atoms with E-state index in [-0.39, 0.29) is 5.91 Å². The van der Waals surface area contributed by atoms with Crippen LogP contribution in [-0.4, -0.2) is 18.0 Å². The van der Waals surface area contributed by atoms with E-state index in [0.29, 0.717) is 10.0 Å². The third kappa shape index (κ3) is 2.57. The highest BCUT2D eigenvalue weighted by molar-refractivity contribution is 7.19. The Kier molecular flexibility index (Phi) is 3.50. The minimum atomic E-state index is -0.145. The van der Waals surface area contributed by atoms with Gasteiger partial charge in [-0.1, -0.05) is 17.4 Å². The van der Waals surface area contributed by atoms with E-state index < -0.39 is 0 Å². The van der Waals surface area contributed by atoms with E-state index in [1.807, 2.05) is 11.4 Å². The zero-order chi connectivity index (χ0) is 11.4. The van der Waals surface area contributed by atoms with Gasteiger partial charge in [-0.2, -0.15) is 0 Å². The van der Waals surface area contributed by atoms with Crippen molar-refractivity contribution in [3.63, 3.8) is 0 Å². The van der Waals surface area contributed by atoms with E-state index in [4.69, 9.17) is 4.84 Å². The number of nitrogens with zero attached hydrogens (tertiary/aromatic N) is 1. The van der Waals surface area contributed by atoms with Crippen molar-refractivity contribution in [2.45, 2.75) is 0 Å². The van der Waals surface area contributed by atoms with Gasteiger partial charge in [0.05, 0.1) is 18.2 Å². The van der Waals surface area contributed by atoms with Crippen LogP contribution in [-0.2, 0) is 4.84 Å². The molecule has 7 heteroatoms. The molecular formula is C9H9N3O2S2. The predicted octanol–water partition coefficient (Wildman–Crippen LogP) is 2.43. The second kappa shape index (κ2) is 5.06. The Labute approximate surface area is 100 Å². The zero-order valence-corrected chi connectivity index (χ0v) is 10.0. The lowest BCUT2D eigenvalue weighted by Crippen LogP contribution is -2.09. The number of hydrogen-bond donors (Lipinski definition) is 2. The van der Waals surface area contributed by atoms with Gasteiger partial charge in [0.1, 0.15) is 5.00 Å². The van der Waals surface area contributed by atoms with Gasteiger partial charge in [0.2, 0.25) is 0 Å². The third-order valence-electron chi connectivity index (χ3n) is 1.67. The maximum absolute atomic E-state index is 11.7. The summed E-state index contributed by atoms with van der Waals surface area (Å²) in [5.41, 5.74) is 2.64. The molecule has 0 fully saturated rings. The molecule has 0 aliphatic carbocycles. The SMILES string of the molecule is CONc1cnc(NC(=O)c2cccs2)s1. The monoisotopic (exact) mass is 255 g/mol. The summed E-state index contributed by atoms with van der Waals surface area (Å²) in [6.07, 6.45) is 1.60. The van der Waals surface area contributed by atoms with Crippen LogP contribution in [0.2, 0.25) is 0 Å². The molecule has 16 heavy (non-hydrogen) atoms. The van der Waals surface area contributed by atoms with Crippen molar-refractivity contribution in [2.75, 3.05) is 17.9 Å². The molecule has 0 aromatic carbocycles. The molecule has 2 N–H and O–H groups in total. The van der Waals surface area contributed by atoms with Crippen LogP contribution in [0.25, 0.3) is 0 Å². The Morgan fingerprint density at radius 2 is 2.44 bits per heavy atom. The summed E-state index contributed by atoms with van der Waals surface area (Å²) in [6, 6.07) is 3.60. The number of thiazole rings is 1. The summed E-state index contributed by atoms with van der Waals surface area (Å²) in [6.45, 7) is 0. The van der Waals surface area contributed by atoms with E-state index in [0.717, 1.165) is 5.00 Å². The molecule has 1 amide bonds. The summed E-state index contributed by atoms with van der Waals surface area (Å²) >= 11 is 2.70. The fraction of sp³-hybridized carbons (Fsp3) is 0.111. The number of anilines is 2. The van der Waals surface area contributed by atoms with Gasteiger partial charge in [0.25, 0.3) is 5.91 Å². The number of thiophene rings is 1. The van der Waals surface area contributed by atoms with Gasteiger partial charge in [-0.05, 0) is 11.4 Å². The molecule has 84 valence electrons. The van der Waals surface area contributed by atoms with Crippen molar-refractivity contribution in [1.29, 1.82) is 0 Å². The van der Waals surface area contributed by atoms with Crippen molar-refractivity contribution in [3.05, 3.63) is 28.6 Å². The first-order chi connectivity index (χ1) is 7.79. The first-order valence-corrected chi connectivity index (χ1v) is 6.09. The molecule has 0 spiro atoms. The molecular weight excluding hydrogens is 246 g/mol. The van der Waals surface area contributed by atoms with Gasteiger partial charge in [-0.3, -0.25) is 20.4 Å². The molecule has 5 nitrogen and oxygen atoms in total. The quantitative estimate of drug-likeness (QED) is 0.824. The number of amides is 1. The standard InChI is InChI=1S/C9H9N3O2S2/c1-14-12-7-5-10-9(16-7)11-8(13)6-3-2-4-15-6/h2-5,12H,1H3,(H,10,11,13). The van der Waals surface area contributed by atoms with Crippen LogP contribution < -0.4 is 10.8 Å². The normalized spacial score (nSPS) is 10.1. The molecule has 2 heterocycles. The maximum atomic E-state index is 11.7. The number of nitrogens with one attached hydrogen (secondary N) is 2. The molecule has 0 saturated heterocycles. The molecule has 0 aliphatic rings. The van der Waals surface area contributed by atoms with E-state index in [1.165, 1.54) is 29.8 Å². The fourth-order valence-corrected chi connectivity index (χ4v) is 2.35. The number of aromatic nitrogens is 1. The molecule has 2 aromatic rings. The van der Waals surface area contributed by atoms with Crippen LogP contribution in [0.4, 0.5) is 10.1 Å². The Morgan fingerprint density at radius 3 is 3.12 bits per heavy atom. The van der Waals surface area contributed by atoms with Gasteiger partial charge in [0.15, 0.2) is 5.13 Å². The number of rotatable bonds is 4. The van der Waals surface area contributed by atoms with Crippen molar-refractivity contribution in [2.24, 2.45) is 0 Å². The molecule has 0 unspecified atom stereocenters. The van der Waals surface area contributed by atoms with Crippen LogP contribution >= 0.6 is 22.7 Å². The van der Waals surface area contributed by atoms with E-state index in [9.17, 15) is 4.79 Å². The Balaban J connectivity index is 2.01. The summed E-state index contributed by atoms with van der Waals surface area (Å²) < 4.78 is 0. The molecule has 2 aromatic heterocycles. The average Bonchev–Trinajstić information content (AvgIpc) is 2.89. The highest BCUT2D eigenvalue weighted by atomic mass is 32.1. The van der Waals surface area contributed by atoms with Gasteiger partial charge < -0.3 is 0 Å². The topological polar surface area (TPSA) is 63.2 Å². The van der Waals surface area contributed by atoms with Gasteiger partial charge >= 0.3 is 0 Å².